The molecule has 2 aromatic rings. The first-order valence-electron chi connectivity index (χ1n) is 9.37. The summed E-state index contributed by atoms with van der Waals surface area (Å²) in [5.41, 5.74) is 3.02. The first kappa shape index (κ1) is 20.0. The number of pyridine rings is 1. The Kier molecular flexibility index (Phi) is 6.06. The lowest BCUT2D eigenvalue weighted by molar-refractivity contribution is 0.0980. The predicted molar refractivity (Wildman–Crippen MR) is 112 cm³/mol. The highest BCUT2D eigenvalue weighted by Gasteiger charge is 2.34. The van der Waals surface area contributed by atoms with Crippen molar-refractivity contribution < 1.29 is 9.59 Å². The lowest BCUT2D eigenvalue weighted by atomic mass is 9.83. The number of ketones is 2. The number of anilines is 2. The highest BCUT2D eigenvalue weighted by Crippen LogP contribution is 2.36. The topological polar surface area (TPSA) is 77.6 Å². The monoisotopic (exact) mass is 381 g/mol. The third kappa shape index (κ3) is 4.05. The van der Waals surface area contributed by atoms with Gasteiger partial charge in [0.15, 0.2) is 11.6 Å². The van der Waals surface area contributed by atoms with Gasteiger partial charge in [-0.3, -0.25) is 14.6 Å². The van der Waals surface area contributed by atoms with Gasteiger partial charge in [-0.25, -0.2) is 0 Å². The Morgan fingerprint density at radius 3 is 1.79 bits per heavy atom. The van der Waals surface area contributed by atoms with E-state index in [1.54, 1.807) is 12.3 Å². The van der Waals surface area contributed by atoms with Gasteiger partial charge in [0.2, 0.25) is 0 Å². The molecule has 2 N–H and O–H groups in total. The van der Waals surface area contributed by atoms with Crippen LogP contribution < -0.4 is 10.6 Å². The second-order valence-corrected chi connectivity index (χ2v) is 7.45. The minimum Gasteiger partial charge on any atom is -0.383 e. The number of carbonyl (C=O) groups is 2. The molecular formula is C21H27N5O2. The van der Waals surface area contributed by atoms with E-state index in [2.05, 4.69) is 25.4 Å². The van der Waals surface area contributed by atoms with Crippen LogP contribution in [0.4, 0.5) is 11.4 Å². The van der Waals surface area contributed by atoms with Crippen LogP contribution in [0.25, 0.3) is 0 Å². The first-order valence-corrected chi connectivity index (χ1v) is 9.37. The van der Waals surface area contributed by atoms with Crippen molar-refractivity contribution in [3.63, 3.8) is 0 Å². The molecule has 1 aromatic heterocycles. The van der Waals surface area contributed by atoms with E-state index in [0.29, 0.717) is 46.7 Å². The van der Waals surface area contributed by atoms with Crippen molar-refractivity contribution in [3.05, 3.63) is 52.8 Å². The van der Waals surface area contributed by atoms with Gasteiger partial charge in [-0.15, -0.1) is 0 Å². The fourth-order valence-electron chi connectivity index (χ4n) is 3.24. The van der Waals surface area contributed by atoms with Crippen LogP contribution in [0, 0.1) is 0 Å². The molecule has 3 rings (SSSR count). The molecule has 0 saturated heterocycles. The molecule has 0 radical (unpaired) electrons. The highest BCUT2D eigenvalue weighted by atomic mass is 16.1. The van der Waals surface area contributed by atoms with Crippen LogP contribution in [0.1, 0.15) is 31.8 Å². The number of hydrogen-bond acceptors (Lipinski definition) is 7. The van der Waals surface area contributed by atoms with Crippen molar-refractivity contribution in [3.8, 4) is 0 Å². The molecular weight excluding hydrogens is 354 g/mol. The second-order valence-electron chi connectivity index (χ2n) is 7.45. The molecule has 0 fully saturated rings. The van der Waals surface area contributed by atoms with Gasteiger partial charge in [0.05, 0.1) is 16.7 Å². The molecule has 7 heteroatoms. The summed E-state index contributed by atoms with van der Waals surface area (Å²) in [6.45, 7) is 2.99. The number of rotatable bonds is 8. The largest absolute Gasteiger partial charge is 0.383 e. The molecule has 1 aliphatic rings. The van der Waals surface area contributed by atoms with Crippen molar-refractivity contribution in [1.29, 1.82) is 0 Å². The Morgan fingerprint density at radius 2 is 1.29 bits per heavy atom. The van der Waals surface area contributed by atoms with E-state index >= 15 is 0 Å². The van der Waals surface area contributed by atoms with Gasteiger partial charge >= 0.3 is 0 Å². The van der Waals surface area contributed by atoms with Gasteiger partial charge in [0, 0.05) is 55.5 Å². The Bertz CT molecular complexity index is 820. The van der Waals surface area contributed by atoms with Gasteiger partial charge in [0.1, 0.15) is 0 Å². The SMILES string of the molecule is CN(C)CCNc1ccc(NCCN(C)C)c2c1C(=O)c1ccncc1C2=O. The van der Waals surface area contributed by atoms with E-state index in [9.17, 15) is 9.59 Å². The first-order chi connectivity index (χ1) is 13.4. The molecule has 1 aliphatic carbocycles. The van der Waals surface area contributed by atoms with Gasteiger partial charge in [0.25, 0.3) is 0 Å². The lowest BCUT2D eigenvalue weighted by Gasteiger charge is -2.24. The molecule has 28 heavy (non-hydrogen) atoms. The normalized spacial score (nSPS) is 12.9. The number of hydrogen-bond donors (Lipinski definition) is 2. The van der Waals surface area contributed by atoms with Crippen LogP contribution in [0.5, 0.6) is 0 Å². The van der Waals surface area contributed by atoms with Crippen molar-refractivity contribution >= 4 is 22.9 Å². The zero-order valence-corrected chi connectivity index (χ0v) is 16.9. The Labute approximate surface area is 165 Å². The van der Waals surface area contributed by atoms with E-state index in [1.165, 1.54) is 6.20 Å². The molecule has 1 heterocycles. The molecule has 1 aromatic carbocycles. The summed E-state index contributed by atoms with van der Waals surface area (Å²) in [7, 11) is 7.97. The molecule has 0 saturated carbocycles. The standard InChI is InChI=1S/C21H27N5O2/c1-25(2)11-9-23-16-5-6-17(24-10-12-26(3)4)19-18(16)20(27)14-7-8-22-13-15(14)21(19)28/h5-8,13,23-24H,9-12H2,1-4H3. The average molecular weight is 381 g/mol. The second kappa shape index (κ2) is 8.50. The molecule has 0 amide bonds. The summed E-state index contributed by atoms with van der Waals surface area (Å²) in [6, 6.07) is 5.37. The summed E-state index contributed by atoms with van der Waals surface area (Å²) in [4.78, 5) is 34.6. The number of nitrogens with zero attached hydrogens (tertiary/aromatic N) is 3. The maximum absolute atomic E-state index is 13.2. The van der Waals surface area contributed by atoms with Crippen molar-refractivity contribution in [2.24, 2.45) is 0 Å². The molecule has 7 nitrogen and oxygen atoms in total. The number of likely N-dealkylation sites (N-methyl/N-ethyl adjacent to an activating group) is 2. The Balaban J connectivity index is 2.02. The Hall–Kier alpha value is -2.77. The van der Waals surface area contributed by atoms with Crippen LogP contribution >= 0.6 is 0 Å². The van der Waals surface area contributed by atoms with E-state index in [1.807, 2.05) is 40.3 Å². The zero-order valence-electron chi connectivity index (χ0n) is 16.9. The third-order valence-electron chi connectivity index (χ3n) is 4.72. The number of carbonyl (C=O) groups excluding carboxylic acids is 2. The van der Waals surface area contributed by atoms with E-state index in [4.69, 9.17) is 0 Å². The van der Waals surface area contributed by atoms with Crippen molar-refractivity contribution in [2.75, 3.05) is 65.0 Å². The van der Waals surface area contributed by atoms with Crippen LogP contribution in [0.3, 0.4) is 0 Å². The summed E-state index contributed by atoms with van der Waals surface area (Å²) >= 11 is 0. The Morgan fingerprint density at radius 1 is 0.786 bits per heavy atom. The number of benzene rings is 1. The highest BCUT2D eigenvalue weighted by molar-refractivity contribution is 6.31. The summed E-state index contributed by atoms with van der Waals surface area (Å²) < 4.78 is 0. The maximum atomic E-state index is 13.2. The smallest absolute Gasteiger partial charge is 0.198 e. The molecule has 0 atom stereocenters. The van der Waals surface area contributed by atoms with Gasteiger partial charge in [-0.1, -0.05) is 0 Å². The molecule has 0 bridgehead atoms. The van der Waals surface area contributed by atoms with E-state index < -0.39 is 0 Å². The van der Waals surface area contributed by atoms with Gasteiger partial charge in [-0.2, -0.15) is 0 Å². The number of fused-ring (bicyclic) bond motifs is 2. The third-order valence-corrected chi connectivity index (χ3v) is 4.72. The van der Waals surface area contributed by atoms with Crippen molar-refractivity contribution in [1.82, 2.24) is 14.8 Å². The van der Waals surface area contributed by atoms with Crippen LogP contribution in [-0.4, -0.2) is 80.7 Å². The zero-order chi connectivity index (χ0) is 20.3. The van der Waals surface area contributed by atoms with E-state index in [0.717, 1.165) is 13.1 Å². The summed E-state index contributed by atoms with van der Waals surface area (Å²) in [5, 5.41) is 6.64. The van der Waals surface area contributed by atoms with Crippen LogP contribution in [-0.2, 0) is 0 Å². The predicted octanol–water partition coefficient (Wildman–Crippen LogP) is 1.80. The minimum atomic E-state index is -0.165. The van der Waals surface area contributed by atoms with E-state index in [-0.39, 0.29) is 11.6 Å². The van der Waals surface area contributed by atoms with Crippen LogP contribution in [0.2, 0.25) is 0 Å². The summed E-state index contributed by atoms with van der Waals surface area (Å²) in [5.74, 6) is -0.308. The molecule has 0 unspecified atom stereocenters. The molecule has 0 aliphatic heterocycles. The quantitative estimate of drug-likeness (QED) is 0.616. The number of aromatic nitrogens is 1. The fourth-order valence-corrected chi connectivity index (χ4v) is 3.24. The lowest BCUT2D eigenvalue weighted by Crippen LogP contribution is -2.27. The molecule has 148 valence electrons. The minimum absolute atomic E-state index is 0.143. The maximum Gasteiger partial charge on any atom is 0.198 e. The van der Waals surface area contributed by atoms with Gasteiger partial charge < -0.3 is 20.4 Å². The van der Waals surface area contributed by atoms with Crippen LogP contribution in [0.15, 0.2) is 30.6 Å². The number of nitrogens with one attached hydrogen (secondary N) is 2. The average Bonchev–Trinajstić information content (AvgIpc) is 2.66. The fraction of sp³-hybridized carbons (Fsp3) is 0.381. The molecule has 0 spiro atoms. The van der Waals surface area contributed by atoms with Crippen molar-refractivity contribution in [2.45, 2.75) is 0 Å². The van der Waals surface area contributed by atoms with Gasteiger partial charge in [-0.05, 0) is 46.4 Å². The summed E-state index contributed by atoms with van der Waals surface area (Å²) in [6.07, 6.45) is 3.03.